The summed E-state index contributed by atoms with van der Waals surface area (Å²) in [5.74, 6) is -1.44. The van der Waals surface area contributed by atoms with Crippen LogP contribution in [0.1, 0.15) is 37.4 Å². The highest BCUT2D eigenvalue weighted by molar-refractivity contribution is 7.13. The van der Waals surface area contributed by atoms with Gasteiger partial charge < -0.3 is 10.4 Å². The molecule has 0 spiro atoms. The quantitative estimate of drug-likeness (QED) is 0.272. The van der Waals surface area contributed by atoms with Crippen LogP contribution in [0.15, 0.2) is 78.2 Å². The zero-order valence-electron chi connectivity index (χ0n) is 19.6. The van der Waals surface area contributed by atoms with E-state index in [-0.39, 0.29) is 18.7 Å². The van der Waals surface area contributed by atoms with Gasteiger partial charge in [-0.15, -0.1) is 16.4 Å². The van der Waals surface area contributed by atoms with Gasteiger partial charge in [0, 0.05) is 11.4 Å². The molecule has 0 radical (unpaired) electrons. The average molecular weight is 537 g/mol. The number of halogens is 3. The molecule has 2 heterocycles. The molecule has 3 aromatic carbocycles. The number of hydrogen-bond acceptors (Lipinski definition) is 5. The molecule has 38 heavy (non-hydrogen) atoms. The van der Waals surface area contributed by atoms with E-state index in [0.717, 1.165) is 22.6 Å². The number of aromatic carboxylic acids is 1. The van der Waals surface area contributed by atoms with E-state index in [9.17, 15) is 22.8 Å². The zero-order valence-corrected chi connectivity index (χ0v) is 20.4. The summed E-state index contributed by atoms with van der Waals surface area (Å²) < 4.78 is 40.4. The highest BCUT2D eigenvalue weighted by Crippen LogP contribution is 2.31. The third-order valence-corrected chi connectivity index (χ3v) is 6.85. The maximum Gasteiger partial charge on any atom is 0.416 e. The molecule has 2 N–H and O–H groups in total. The maximum atomic E-state index is 13.4. The molecule has 0 unspecified atom stereocenters. The Balaban J connectivity index is 1.47. The summed E-state index contributed by atoms with van der Waals surface area (Å²) in [6.45, 7) is 0.272. The molecule has 7 nitrogen and oxygen atoms in total. The number of amides is 1. The highest BCUT2D eigenvalue weighted by atomic mass is 32.1. The van der Waals surface area contributed by atoms with Crippen LogP contribution in [-0.4, -0.2) is 32.0 Å². The second-order valence-electron chi connectivity index (χ2n) is 8.50. The molecule has 1 amide bonds. The fourth-order valence-corrected chi connectivity index (χ4v) is 4.71. The first kappa shape index (κ1) is 25.2. The van der Waals surface area contributed by atoms with Crippen molar-refractivity contribution in [1.29, 1.82) is 0 Å². The molecule has 0 fully saturated rings. The predicted octanol–water partition coefficient (Wildman–Crippen LogP) is 5.86. The summed E-state index contributed by atoms with van der Waals surface area (Å²) in [6.07, 6.45) is -4.43. The van der Waals surface area contributed by atoms with Gasteiger partial charge in [-0.2, -0.15) is 13.2 Å². The SMILES string of the molecule is O=C(O)c1ccc(CNC(=O)c2cc(-c3cccs3)cc3nnn(Cc4ccc(C(F)(F)F)cc4)c23)cc1. The number of carbonyl (C=O) groups is 2. The monoisotopic (exact) mass is 536 g/mol. The largest absolute Gasteiger partial charge is 0.478 e. The fourth-order valence-electron chi connectivity index (χ4n) is 4.00. The minimum absolute atomic E-state index is 0.115. The lowest BCUT2D eigenvalue weighted by Gasteiger charge is -2.11. The van der Waals surface area contributed by atoms with Crippen molar-refractivity contribution in [2.24, 2.45) is 0 Å². The van der Waals surface area contributed by atoms with Crippen LogP contribution >= 0.6 is 11.3 Å². The summed E-state index contributed by atoms with van der Waals surface area (Å²) in [4.78, 5) is 25.4. The minimum Gasteiger partial charge on any atom is -0.478 e. The molecule has 5 rings (SSSR count). The number of rotatable bonds is 7. The van der Waals surface area contributed by atoms with Gasteiger partial charge in [-0.1, -0.05) is 35.5 Å². The Kier molecular flexibility index (Phi) is 6.68. The third kappa shape index (κ3) is 5.28. The molecule has 0 bridgehead atoms. The Labute approximate surface area is 218 Å². The highest BCUT2D eigenvalue weighted by Gasteiger charge is 2.30. The van der Waals surface area contributed by atoms with Crippen molar-refractivity contribution in [3.63, 3.8) is 0 Å². The Morgan fingerprint density at radius 3 is 2.32 bits per heavy atom. The number of aromatic nitrogens is 3. The third-order valence-electron chi connectivity index (χ3n) is 5.93. The molecule has 0 aliphatic rings. The molecule has 2 aromatic heterocycles. The maximum absolute atomic E-state index is 13.4. The number of nitrogens with zero attached hydrogens (tertiary/aromatic N) is 3. The van der Waals surface area contributed by atoms with Gasteiger partial charge in [0.1, 0.15) is 11.0 Å². The molecule has 0 atom stereocenters. The van der Waals surface area contributed by atoms with Crippen LogP contribution in [0.2, 0.25) is 0 Å². The lowest BCUT2D eigenvalue weighted by atomic mass is 10.1. The van der Waals surface area contributed by atoms with Crippen LogP contribution in [0.4, 0.5) is 13.2 Å². The second kappa shape index (κ2) is 10.1. The van der Waals surface area contributed by atoms with Crippen molar-refractivity contribution < 1.29 is 27.9 Å². The van der Waals surface area contributed by atoms with Gasteiger partial charge in [0.05, 0.1) is 23.2 Å². The van der Waals surface area contributed by atoms with E-state index in [1.54, 1.807) is 18.2 Å². The van der Waals surface area contributed by atoms with E-state index in [1.165, 1.54) is 40.3 Å². The van der Waals surface area contributed by atoms with E-state index in [1.807, 2.05) is 23.6 Å². The zero-order chi connectivity index (χ0) is 26.9. The molecule has 0 aliphatic heterocycles. The minimum atomic E-state index is -4.43. The van der Waals surface area contributed by atoms with Gasteiger partial charge in [-0.25, -0.2) is 9.48 Å². The topological polar surface area (TPSA) is 97.1 Å². The van der Waals surface area contributed by atoms with Gasteiger partial charge in [-0.05, 0) is 64.5 Å². The Morgan fingerprint density at radius 1 is 0.974 bits per heavy atom. The van der Waals surface area contributed by atoms with Crippen LogP contribution < -0.4 is 5.32 Å². The lowest BCUT2D eigenvalue weighted by Crippen LogP contribution is -2.24. The molecular formula is C27H19F3N4O3S. The van der Waals surface area contributed by atoms with Crippen molar-refractivity contribution in [3.05, 3.63) is 106 Å². The Bertz CT molecular complexity index is 1610. The van der Waals surface area contributed by atoms with Crippen LogP contribution in [-0.2, 0) is 19.3 Å². The van der Waals surface area contributed by atoms with Crippen molar-refractivity contribution in [2.75, 3.05) is 0 Å². The molecule has 192 valence electrons. The molecule has 0 aliphatic carbocycles. The van der Waals surface area contributed by atoms with Crippen molar-refractivity contribution in [3.8, 4) is 10.4 Å². The number of nitrogens with one attached hydrogen (secondary N) is 1. The first-order valence-electron chi connectivity index (χ1n) is 11.4. The van der Waals surface area contributed by atoms with Gasteiger partial charge in [0.2, 0.25) is 0 Å². The summed E-state index contributed by atoms with van der Waals surface area (Å²) >= 11 is 1.51. The number of hydrogen-bond donors (Lipinski definition) is 2. The standard InChI is InChI=1S/C27H19F3N4O3S/c28-27(29,30)20-9-5-17(6-10-20)15-34-24-21(12-19(13-22(24)32-33-34)23-2-1-11-38-23)25(35)31-14-16-3-7-18(8-4-16)26(36)37/h1-13H,14-15H2,(H,31,35)(H,36,37). The van der Waals surface area contributed by atoms with Gasteiger partial charge in [0.15, 0.2) is 0 Å². The number of benzene rings is 3. The Morgan fingerprint density at radius 2 is 1.68 bits per heavy atom. The van der Waals surface area contributed by atoms with E-state index < -0.39 is 23.6 Å². The van der Waals surface area contributed by atoms with Gasteiger partial charge >= 0.3 is 12.1 Å². The fraction of sp³-hybridized carbons (Fsp3) is 0.111. The van der Waals surface area contributed by atoms with Gasteiger partial charge in [0.25, 0.3) is 5.91 Å². The molecule has 11 heteroatoms. The van der Waals surface area contributed by atoms with Crippen molar-refractivity contribution >= 4 is 34.2 Å². The summed E-state index contributed by atoms with van der Waals surface area (Å²) in [5.41, 5.74) is 2.69. The number of thiophene rings is 1. The number of carboxylic acids is 1. The summed E-state index contributed by atoms with van der Waals surface area (Å²) in [6, 6.07) is 18.3. The molecular weight excluding hydrogens is 517 g/mol. The normalized spacial score (nSPS) is 11.6. The number of alkyl halides is 3. The van der Waals surface area contributed by atoms with Crippen LogP contribution in [0.25, 0.3) is 21.5 Å². The summed E-state index contributed by atoms with van der Waals surface area (Å²) in [7, 11) is 0. The average Bonchev–Trinajstić information content (AvgIpc) is 3.57. The van der Waals surface area contributed by atoms with E-state index >= 15 is 0 Å². The summed E-state index contributed by atoms with van der Waals surface area (Å²) in [5, 5.41) is 22.3. The van der Waals surface area contributed by atoms with Crippen LogP contribution in [0.5, 0.6) is 0 Å². The number of fused-ring (bicyclic) bond motifs is 1. The number of carboxylic acid groups (broad SMARTS) is 1. The van der Waals surface area contributed by atoms with Crippen molar-refractivity contribution in [1.82, 2.24) is 20.3 Å². The number of carbonyl (C=O) groups excluding carboxylic acids is 1. The van der Waals surface area contributed by atoms with Crippen molar-refractivity contribution in [2.45, 2.75) is 19.3 Å². The molecule has 0 saturated carbocycles. The van der Waals surface area contributed by atoms with E-state index in [4.69, 9.17) is 5.11 Å². The van der Waals surface area contributed by atoms with Crippen LogP contribution in [0, 0.1) is 0 Å². The van der Waals surface area contributed by atoms with Crippen LogP contribution in [0.3, 0.4) is 0 Å². The van der Waals surface area contributed by atoms with Gasteiger partial charge in [-0.3, -0.25) is 4.79 Å². The predicted molar refractivity (Wildman–Crippen MR) is 136 cm³/mol. The first-order valence-corrected chi connectivity index (χ1v) is 12.2. The van der Waals surface area contributed by atoms with E-state index in [2.05, 4.69) is 15.6 Å². The lowest BCUT2D eigenvalue weighted by molar-refractivity contribution is -0.137. The molecule has 0 saturated heterocycles. The Hall–Kier alpha value is -4.51. The second-order valence-corrected chi connectivity index (χ2v) is 9.44. The van der Waals surface area contributed by atoms with E-state index in [0.29, 0.717) is 27.7 Å². The molecule has 5 aromatic rings. The first-order chi connectivity index (χ1) is 18.2. The smallest absolute Gasteiger partial charge is 0.416 e.